The monoisotopic (exact) mass is 143 g/mol. The third kappa shape index (κ3) is 2.64. The van der Waals surface area contributed by atoms with Crippen LogP contribution in [0.1, 0.15) is 32.1 Å². The van der Waals surface area contributed by atoms with Crippen LogP contribution in [-0.2, 0) is 4.84 Å². The van der Waals surface area contributed by atoms with Gasteiger partial charge in [-0.15, -0.1) is 5.59 Å². The molecule has 1 unspecified atom stereocenters. The normalized spacial score (nSPS) is 22.5. The van der Waals surface area contributed by atoms with Gasteiger partial charge in [-0.1, -0.05) is 19.3 Å². The molecule has 1 rings (SSSR count). The third-order valence-electron chi connectivity index (χ3n) is 1.84. The van der Waals surface area contributed by atoms with Crippen molar-refractivity contribution in [2.24, 2.45) is 5.84 Å². The number of rotatable bonds is 2. The summed E-state index contributed by atoms with van der Waals surface area (Å²) in [5, 5.41) is 0. The minimum absolute atomic E-state index is 0.229. The van der Waals surface area contributed by atoms with Gasteiger partial charge in [-0.05, 0) is 19.3 Å². The fourth-order valence-electron chi connectivity index (χ4n) is 1.28. The zero-order chi connectivity index (χ0) is 7.23. The molecule has 59 valence electrons. The molecule has 0 aromatic rings. The predicted molar refractivity (Wildman–Crippen MR) is 39.6 cm³/mol. The first kappa shape index (κ1) is 7.98. The number of hydrogen-bond acceptors (Lipinski definition) is 3. The van der Waals surface area contributed by atoms with Crippen LogP contribution < -0.4 is 11.4 Å². The maximum Gasteiger partial charge on any atom is 0.0838 e. The fourth-order valence-corrected chi connectivity index (χ4v) is 1.28. The lowest BCUT2D eigenvalue weighted by Gasteiger charge is -2.11. The van der Waals surface area contributed by atoms with Gasteiger partial charge < -0.3 is 0 Å². The number of hydrogen-bond donors (Lipinski definition) is 2. The van der Waals surface area contributed by atoms with Crippen molar-refractivity contribution in [1.29, 1.82) is 0 Å². The average molecular weight is 143 g/mol. The smallest absolute Gasteiger partial charge is 0.0838 e. The lowest BCUT2D eigenvalue weighted by Crippen LogP contribution is -2.29. The molecule has 1 atom stereocenters. The van der Waals surface area contributed by atoms with Gasteiger partial charge >= 0.3 is 0 Å². The van der Waals surface area contributed by atoms with E-state index in [4.69, 9.17) is 10.7 Å². The van der Waals surface area contributed by atoms with Gasteiger partial charge in [-0.2, -0.15) is 0 Å². The zero-order valence-electron chi connectivity index (χ0n) is 6.18. The molecular weight excluding hydrogens is 128 g/mol. The SMILES string of the molecule is NNOC1[CH]CCCCC1. The van der Waals surface area contributed by atoms with E-state index in [0.29, 0.717) is 0 Å². The largest absolute Gasteiger partial charge is 0.284 e. The molecule has 1 fully saturated rings. The summed E-state index contributed by atoms with van der Waals surface area (Å²) in [5.74, 6) is 5.02. The van der Waals surface area contributed by atoms with Crippen LogP contribution in [0.2, 0.25) is 0 Å². The summed E-state index contributed by atoms with van der Waals surface area (Å²) in [5.41, 5.74) is 2.23. The second-order valence-electron chi connectivity index (χ2n) is 2.65. The van der Waals surface area contributed by atoms with Crippen molar-refractivity contribution in [2.75, 3.05) is 0 Å². The highest BCUT2D eigenvalue weighted by molar-refractivity contribution is 4.79. The van der Waals surface area contributed by atoms with Crippen molar-refractivity contribution in [3.63, 3.8) is 0 Å². The molecule has 1 aliphatic carbocycles. The lowest BCUT2D eigenvalue weighted by atomic mass is 10.2. The number of nitrogens with one attached hydrogen (secondary N) is 1. The second-order valence-corrected chi connectivity index (χ2v) is 2.65. The van der Waals surface area contributed by atoms with Crippen LogP contribution in [0.4, 0.5) is 0 Å². The second kappa shape index (κ2) is 4.66. The Hall–Kier alpha value is -0.120. The van der Waals surface area contributed by atoms with E-state index < -0.39 is 0 Å². The molecule has 1 radical (unpaired) electrons. The van der Waals surface area contributed by atoms with E-state index in [9.17, 15) is 0 Å². The third-order valence-corrected chi connectivity index (χ3v) is 1.84. The first-order chi connectivity index (χ1) is 4.93. The van der Waals surface area contributed by atoms with E-state index in [1.54, 1.807) is 0 Å². The molecule has 0 heterocycles. The van der Waals surface area contributed by atoms with Gasteiger partial charge in [0.15, 0.2) is 0 Å². The highest BCUT2D eigenvalue weighted by Crippen LogP contribution is 2.17. The average Bonchev–Trinajstić information content (AvgIpc) is 2.17. The summed E-state index contributed by atoms with van der Waals surface area (Å²) < 4.78 is 0. The van der Waals surface area contributed by atoms with E-state index in [1.807, 2.05) is 0 Å². The summed E-state index contributed by atoms with van der Waals surface area (Å²) in [6.07, 6.45) is 8.55. The highest BCUT2D eigenvalue weighted by Gasteiger charge is 2.11. The first-order valence-electron chi connectivity index (χ1n) is 3.88. The van der Waals surface area contributed by atoms with Gasteiger partial charge in [-0.3, -0.25) is 4.84 Å². The molecule has 0 bridgehead atoms. The van der Waals surface area contributed by atoms with E-state index in [-0.39, 0.29) is 6.10 Å². The number of hydrazine groups is 1. The van der Waals surface area contributed by atoms with Crippen LogP contribution in [0.15, 0.2) is 0 Å². The van der Waals surface area contributed by atoms with Crippen molar-refractivity contribution in [2.45, 2.75) is 38.2 Å². The Bertz CT molecular complexity index is 79.7. The van der Waals surface area contributed by atoms with Crippen LogP contribution in [0.5, 0.6) is 0 Å². The Morgan fingerprint density at radius 1 is 1.40 bits per heavy atom. The molecule has 0 amide bonds. The summed E-state index contributed by atoms with van der Waals surface area (Å²) in [4.78, 5) is 5.04. The molecule has 1 aliphatic rings. The fraction of sp³-hybridized carbons (Fsp3) is 0.857. The molecule has 3 N–H and O–H groups in total. The van der Waals surface area contributed by atoms with E-state index >= 15 is 0 Å². The molecule has 3 nitrogen and oxygen atoms in total. The van der Waals surface area contributed by atoms with Gasteiger partial charge in [0.2, 0.25) is 0 Å². The molecule has 0 aromatic heterocycles. The van der Waals surface area contributed by atoms with Crippen LogP contribution in [-0.4, -0.2) is 6.10 Å². The lowest BCUT2D eigenvalue weighted by molar-refractivity contribution is -0.0121. The Morgan fingerprint density at radius 2 is 2.30 bits per heavy atom. The Balaban J connectivity index is 2.15. The van der Waals surface area contributed by atoms with Gasteiger partial charge in [0, 0.05) is 0 Å². The molecule has 0 saturated heterocycles. The van der Waals surface area contributed by atoms with Gasteiger partial charge in [0.05, 0.1) is 6.10 Å². The van der Waals surface area contributed by atoms with Gasteiger partial charge in [0.1, 0.15) is 0 Å². The summed E-state index contributed by atoms with van der Waals surface area (Å²) in [6.45, 7) is 0. The summed E-state index contributed by atoms with van der Waals surface area (Å²) in [6, 6.07) is 0. The topological polar surface area (TPSA) is 47.3 Å². The Morgan fingerprint density at radius 3 is 3.10 bits per heavy atom. The van der Waals surface area contributed by atoms with Crippen molar-refractivity contribution in [3.05, 3.63) is 6.42 Å². The van der Waals surface area contributed by atoms with Gasteiger partial charge in [-0.25, -0.2) is 5.84 Å². The van der Waals surface area contributed by atoms with E-state index in [1.165, 1.54) is 19.3 Å². The van der Waals surface area contributed by atoms with Crippen molar-refractivity contribution in [1.82, 2.24) is 5.59 Å². The van der Waals surface area contributed by atoms with E-state index in [0.717, 1.165) is 12.8 Å². The summed E-state index contributed by atoms with van der Waals surface area (Å²) in [7, 11) is 0. The predicted octanol–water partition coefficient (Wildman–Crippen LogP) is 0.918. The molecule has 10 heavy (non-hydrogen) atoms. The molecule has 0 aromatic carbocycles. The minimum Gasteiger partial charge on any atom is -0.284 e. The van der Waals surface area contributed by atoms with Crippen LogP contribution in [0, 0.1) is 6.42 Å². The quantitative estimate of drug-likeness (QED) is 0.343. The van der Waals surface area contributed by atoms with Crippen LogP contribution in [0.3, 0.4) is 0 Å². The minimum atomic E-state index is 0.229. The van der Waals surface area contributed by atoms with Crippen LogP contribution >= 0.6 is 0 Å². The van der Waals surface area contributed by atoms with E-state index in [2.05, 4.69) is 12.0 Å². The summed E-state index contributed by atoms with van der Waals surface area (Å²) >= 11 is 0. The highest BCUT2D eigenvalue weighted by atomic mass is 16.7. The molecule has 1 saturated carbocycles. The van der Waals surface area contributed by atoms with Crippen molar-refractivity contribution < 1.29 is 4.84 Å². The van der Waals surface area contributed by atoms with Crippen molar-refractivity contribution in [3.8, 4) is 0 Å². The molecular formula is C7H15N2O. The standard InChI is InChI=1S/C7H15N2O/c8-9-10-7-5-3-1-2-4-6-7/h5,7,9H,1-4,6,8H2. The Labute approximate surface area is 61.9 Å². The molecule has 3 heteroatoms. The maximum atomic E-state index is 5.04. The van der Waals surface area contributed by atoms with Crippen molar-refractivity contribution >= 4 is 0 Å². The van der Waals surface area contributed by atoms with Gasteiger partial charge in [0.25, 0.3) is 0 Å². The van der Waals surface area contributed by atoms with Crippen LogP contribution in [0.25, 0.3) is 0 Å². The molecule has 0 aliphatic heterocycles. The zero-order valence-corrected chi connectivity index (χ0v) is 6.18. The first-order valence-corrected chi connectivity index (χ1v) is 3.88. The maximum absolute atomic E-state index is 5.04. The number of nitrogens with two attached hydrogens (primary N) is 1. The Kier molecular flexibility index (Phi) is 3.72. The molecule has 0 spiro atoms.